The zero-order valence-corrected chi connectivity index (χ0v) is 24.9. The molecule has 5 aliphatic rings. The van der Waals surface area contributed by atoms with Gasteiger partial charge in [-0.1, -0.05) is 38.5 Å². The molecule has 1 aromatic rings. The highest BCUT2D eigenvalue weighted by Gasteiger charge is 2.60. The van der Waals surface area contributed by atoms with Crippen LogP contribution in [0.4, 0.5) is 0 Å². The number of rotatable bonds is 3. The second kappa shape index (κ2) is 9.10. The van der Waals surface area contributed by atoms with Gasteiger partial charge in [0.05, 0.1) is 29.8 Å². The lowest BCUT2D eigenvalue weighted by Crippen LogP contribution is -2.57. The maximum atomic E-state index is 12.7. The topological polar surface area (TPSA) is 96.3 Å². The minimum absolute atomic E-state index is 0.0290. The molecular formula is C31H45NO6S. The molecule has 2 unspecified atom stereocenters. The van der Waals surface area contributed by atoms with Crippen molar-refractivity contribution in [3.63, 3.8) is 0 Å². The fourth-order valence-corrected chi connectivity index (χ4v) is 9.51. The predicted molar refractivity (Wildman–Crippen MR) is 148 cm³/mol. The molecule has 0 aromatic heterocycles. The van der Waals surface area contributed by atoms with E-state index in [1.807, 2.05) is 12.1 Å². The van der Waals surface area contributed by atoms with Gasteiger partial charge in [0, 0.05) is 38.3 Å². The Labute approximate surface area is 233 Å². The first kappa shape index (κ1) is 27.9. The summed E-state index contributed by atoms with van der Waals surface area (Å²) in [7, 11) is -0.432. The van der Waals surface area contributed by atoms with Crippen molar-refractivity contribution in [1.82, 2.24) is 4.31 Å². The Morgan fingerprint density at radius 3 is 2.28 bits per heavy atom. The molecule has 1 spiro atoms. The second-order valence-corrected chi connectivity index (χ2v) is 16.4. The van der Waals surface area contributed by atoms with Gasteiger partial charge in [-0.05, 0) is 79.0 Å². The Bertz CT molecular complexity index is 1260. The average molecular weight is 560 g/mol. The smallest absolute Gasteiger partial charge is 0.242 e. The van der Waals surface area contributed by atoms with Crippen molar-refractivity contribution in [1.29, 1.82) is 0 Å². The number of ether oxygens (including phenoxy) is 2. The van der Waals surface area contributed by atoms with E-state index in [2.05, 4.69) is 20.8 Å². The highest BCUT2D eigenvalue weighted by atomic mass is 32.2. The normalized spacial score (nSPS) is 39.4. The van der Waals surface area contributed by atoms with Crippen LogP contribution in [0.3, 0.4) is 0 Å². The summed E-state index contributed by atoms with van der Waals surface area (Å²) in [4.78, 5) is 0.278. The van der Waals surface area contributed by atoms with Crippen LogP contribution in [0.1, 0.15) is 83.6 Å². The molecule has 1 aromatic carbocycles. The van der Waals surface area contributed by atoms with Crippen LogP contribution >= 0.6 is 0 Å². The standard InChI is InChI=1S/C31H45NO6S/c1-28(2)18-37-31(38-19-28)15-13-25-27-22(12-14-30(25,34)17-31)24-10-11-26(33)29(24,3)16-23(27)20-6-8-21(9-7-20)39(35,36)32(4)5/h6-9,22-24,26,33-34H,10-19H2,1-5H3/t22?,23-,24?,26+,29+,30-/m1/s1. The molecule has 8 heteroatoms. The van der Waals surface area contributed by atoms with Crippen LogP contribution in [-0.2, 0) is 19.5 Å². The number of hydrogen-bond donors (Lipinski definition) is 2. The van der Waals surface area contributed by atoms with Crippen LogP contribution in [0, 0.1) is 22.7 Å². The quantitative estimate of drug-likeness (QED) is 0.526. The van der Waals surface area contributed by atoms with Gasteiger partial charge in [-0.25, -0.2) is 12.7 Å². The molecule has 6 atom stereocenters. The van der Waals surface area contributed by atoms with E-state index >= 15 is 0 Å². The fourth-order valence-electron chi connectivity index (χ4n) is 8.61. The number of hydrogen-bond acceptors (Lipinski definition) is 6. The van der Waals surface area contributed by atoms with Crippen LogP contribution in [0.5, 0.6) is 0 Å². The molecule has 6 rings (SSSR count). The third kappa shape index (κ3) is 4.36. The van der Waals surface area contributed by atoms with Gasteiger partial charge in [-0.2, -0.15) is 0 Å². The van der Waals surface area contributed by atoms with Crippen molar-refractivity contribution in [2.24, 2.45) is 22.7 Å². The van der Waals surface area contributed by atoms with Gasteiger partial charge in [-0.15, -0.1) is 0 Å². The first-order chi connectivity index (χ1) is 18.2. The van der Waals surface area contributed by atoms with Crippen molar-refractivity contribution in [2.75, 3.05) is 27.3 Å². The van der Waals surface area contributed by atoms with Crippen molar-refractivity contribution in [2.45, 2.75) is 100 Å². The summed E-state index contributed by atoms with van der Waals surface area (Å²) in [6.45, 7) is 7.79. The Morgan fingerprint density at radius 1 is 0.974 bits per heavy atom. The second-order valence-electron chi connectivity index (χ2n) is 14.3. The van der Waals surface area contributed by atoms with Crippen molar-refractivity contribution >= 4 is 10.0 Å². The van der Waals surface area contributed by atoms with E-state index in [0.29, 0.717) is 37.9 Å². The number of fused-ring (bicyclic) bond motifs is 4. The number of sulfonamides is 1. The highest BCUT2D eigenvalue weighted by Crippen LogP contribution is 2.65. The molecule has 1 heterocycles. The number of nitrogens with zero attached hydrogens (tertiary/aromatic N) is 1. The van der Waals surface area contributed by atoms with E-state index in [0.717, 1.165) is 49.7 Å². The van der Waals surface area contributed by atoms with E-state index in [1.165, 1.54) is 9.88 Å². The van der Waals surface area contributed by atoms with Gasteiger partial charge in [0.1, 0.15) is 0 Å². The van der Waals surface area contributed by atoms with E-state index < -0.39 is 21.4 Å². The molecule has 1 aliphatic heterocycles. The molecule has 0 bridgehead atoms. The lowest BCUT2D eigenvalue weighted by atomic mass is 9.51. The van der Waals surface area contributed by atoms with Gasteiger partial charge in [-0.3, -0.25) is 0 Å². The largest absolute Gasteiger partial charge is 0.393 e. The first-order valence-electron chi connectivity index (χ1n) is 14.6. The molecule has 2 N–H and O–H groups in total. The molecule has 4 aliphatic carbocycles. The summed E-state index contributed by atoms with van der Waals surface area (Å²) in [5.74, 6) is 0.00434. The fraction of sp³-hybridized carbons (Fsp3) is 0.742. The Kier molecular flexibility index (Phi) is 6.50. The molecule has 4 fully saturated rings. The zero-order valence-electron chi connectivity index (χ0n) is 24.1. The van der Waals surface area contributed by atoms with Gasteiger partial charge >= 0.3 is 0 Å². The summed E-state index contributed by atoms with van der Waals surface area (Å²) in [6, 6.07) is 7.32. The molecule has 3 saturated carbocycles. The zero-order chi connectivity index (χ0) is 28.0. The molecular weight excluding hydrogens is 514 g/mol. The highest BCUT2D eigenvalue weighted by molar-refractivity contribution is 7.89. The third-order valence-corrected chi connectivity index (χ3v) is 12.7. The Hall–Kier alpha value is -1.29. The third-order valence-electron chi connectivity index (χ3n) is 10.9. The number of aliphatic hydroxyl groups excluding tert-OH is 1. The van der Waals surface area contributed by atoms with Crippen molar-refractivity contribution < 1.29 is 28.1 Å². The molecule has 39 heavy (non-hydrogen) atoms. The maximum absolute atomic E-state index is 12.7. The summed E-state index contributed by atoms with van der Waals surface area (Å²) in [5, 5.41) is 23.4. The minimum atomic E-state index is -3.52. The van der Waals surface area contributed by atoms with E-state index in [9.17, 15) is 18.6 Å². The van der Waals surface area contributed by atoms with Crippen LogP contribution < -0.4 is 0 Å². The average Bonchev–Trinajstić information content (AvgIpc) is 3.19. The first-order valence-corrected chi connectivity index (χ1v) is 16.1. The predicted octanol–water partition coefficient (Wildman–Crippen LogP) is 4.59. The van der Waals surface area contributed by atoms with Gasteiger partial charge < -0.3 is 19.7 Å². The van der Waals surface area contributed by atoms with E-state index in [1.54, 1.807) is 26.2 Å². The lowest BCUT2D eigenvalue weighted by molar-refractivity contribution is -0.322. The summed E-state index contributed by atoms with van der Waals surface area (Å²) < 4.78 is 39.4. The number of benzene rings is 1. The molecule has 0 radical (unpaired) electrons. The van der Waals surface area contributed by atoms with E-state index in [4.69, 9.17) is 9.47 Å². The molecule has 1 saturated heterocycles. The summed E-state index contributed by atoms with van der Waals surface area (Å²) >= 11 is 0. The monoisotopic (exact) mass is 559 g/mol. The van der Waals surface area contributed by atoms with Crippen molar-refractivity contribution in [3.05, 3.63) is 41.0 Å². The van der Waals surface area contributed by atoms with Crippen LogP contribution in [0.25, 0.3) is 0 Å². The number of allylic oxidation sites excluding steroid dienone is 1. The van der Waals surface area contributed by atoms with Crippen molar-refractivity contribution in [3.8, 4) is 0 Å². The molecule has 0 amide bonds. The van der Waals surface area contributed by atoms with Gasteiger partial charge in [0.2, 0.25) is 10.0 Å². The SMILES string of the molecule is CN(C)S(=O)(=O)c1ccc([C@H]2C[C@@]3(C)C(CC[C@@H]3O)C3CC[C@@]4(O)CC5(CCC4=C32)OCC(C)(C)CO5)cc1. The lowest BCUT2D eigenvalue weighted by Gasteiger charge is -2.57. The Balaban J connectivity index is 1.41. The van der Waals surface area contributed by atoms with Crippen LogP contribution in [-0.4, -0.2) is 67.7 Å². The molecule has 7 nitrogen and oxygen atoms in total. The summed E-state index contributed by atoms with van der Waals surface area (Å²) in [6.07, 6.45) is 5.78. The minimum Gasteiger partial charge on any atom is -0.393 e. The van der Waals surface area contributed by atoms with E-state index in [-0.39, 0.29) is 27.7 Å². The molecule has 216 valence electrons. The Morgan fingerprint density at radius 2 is 1.64 bits per heavy atom. The number of aliphatic hydroxyl groups is 2. The maximum Gasteiger partial charge on any atom is 0.242 e. The van der Waals surface area contributed by atoms with Gasteiger partial charge in [0.15, 0.2) is 5.79 Å². The van der Waals surface area contributed by atoms with Crippen LogP contribution in [0.15, 0.2) is 40.3 Å². The van der Waals surface area contributed by atoms with Crippen LogP contribution in [0.2, 0.25) is 0 Å². The van der Waals surface area contributed by atoms with Gasteiger partial charge in [0.25, 0.3) is 0 Å². The summed E-state index contributed by atoms with van der Waals surface area (Å²) in [5.41, 5.74) is 2.37.